The maximum atomic E-state index is 12.9. The van der Waals surface area contributed by atoms with Gasteiger partial charge in [0.1, 0.15) is 0 Å². The minimum Gasteiger partial charge on any atom is -0.379 e. The van der Waals surface area contributed by atoms with E-state index in [1.807, 2.05) is 6.92 Å². The van der Waals surface area contributed by atoms with Crippen molar-refractivity contribution in [2.24, 2.45) is 0 Å². The maximum absolute atomic E-state index is 12.9. The molecule has 2 saturated heterocycles. The minimum absolute atomic E-state index is 0.138. The molecule has 0 aromatic heterocycles. The van der Waals surface area contributed by atoms with E-state index in [9.17, 15) is 13.2 Å². The molecule has 0 saturated carbocycles. The van der Waals surface area contributed by atoms with Crippen molar-refractivity contribution in [1.82, 2.24) is 14.5 Å². The van der Waals surface area contributed by atoms with Crippen molar-refractivity contribution in [1.29, 1.82) is 0 Å². The number of benzene rings is 1. The van der Waals surface area contributed by atoms with Crippen LogP contribution in [0.2, 0.25) is 0 Å². The average molecular weight is 410 g/mol. The fourth-order valence-corrected chi connectivity index (χ4v) is 5.26. The third-order valence-corrected chi connectivity index (χ3v) is 7.42. The van der Waals surface area contributed by atoms with Crippen LogP contribution in [0.1, 0.15) is 42.1 Å². The monoisotopic (exact) mass is 409 g/mol. The van der Waals surface area contributed by atoms with E-state index < -0.39 is 10.0 Å². The quantitative estimate of drug-likeness (QED) is 0.772. The van der Waals surface area contributed by atoms with Gasteiger partial charge in [-0.05, 0) is 50.4 Å². The smallest absolute Gasteiger partial charge is 0.251 e. The number of piperidine rings is 1. The SMILES string of the molecule is CCCN1CCC(NC(=O)c2cc(S(=O)(=O)N3CCOCC3)ccc2C)CC1. The molecule has 156 valence electrons. The first kappa shape index (κ1) is 21.2. The average Bonchev–Trinajstić information content (AvgIpc) is 2.70. The number of carbonyl (C=O) groups is 1. The summed E-state index contributed by atoms with van der Waals surface area (Å²) in [5.41, 5.74) is 1.21. The molecule has 1 N–H and O–H groups in total. The first-order chi connectivity index (χ1) is 13.4. The highest BCUT2D eigenvalue weighted by molar-refractivity contribution is 7.89. The van der Waals surface area contributed by atoms with Crippen LogP contribution in [-0.4, -0.2) is 75.5 Å². The highest BCUT2D eigenvalue weighted by Crippen LogP contribution is 2.21. The summed E-state index contributed by atoms with van der Waals surface area (Å²) in [6.07, 6.45) is 2.99. The molecule has 0 aliphatic carbocycles. The topological polar surface area (TPSA) is 79.0 Å². The number of likely N-dealkylation sites (tertiary alicyclic amines) is 1. The van der Waals surface area contributed by atoms with Gasteiger partial charge >= 0.3 is 0 Å². The molecule has 0 unspecified atom stereocenters. The Kier molecular flexibility index (Phi) is 7.09. The predicted octanol–water partition coefficient (Wildman–Crippen LogP) is 1.62. The van der Waals surface area contributed by atoms with E-state index in [1.54, 1.807) is 12.1 Å². The van der Waals surface area contributed by atoms with E-state index in [-0.39, 0.29) is 16.8 Å². The van der Waals surface area contributed by atoms with Gasteiger partial charge < -0.3 is 15.0 Å². The fourth-order valence-electron chi connectivity index (χ4n) is 3.82. The van der Waals surface area contributed by atoms with E-state index in [0.29, 0.717) is 31.9 Å². The number of nitrogens with one attached hydrogen (secondary N) is 1. The lowest BCUT2D eigenvalue weighted by Crippen LogP contribution is -2.45. The van der Waals surface area contributed by atoms with Crippen LogP contribution in [0.4, 0.5) is 0 Å². The van der Waals surface area contributed by atoms with Crippen molar-refractivity contribution in [3.05, 3.63) is 29.3 Å². The van der Waals surface area contributed by atoms with Gasteiger partial charge in [0.15, 0.2) is 0 Å². The Morgan fingerprint density at radius 1 is 1.18 bits per heavy atom. The van der Waals surface area contributed by atoms with Crippen LogP contribution in [0.3, 0.4) is 0 Å². The molecule has 0 atom stereocenters. The molecule has 2 heterocycles. The van der Waals surface area contributed by atoms with Gasteiger partial charge in [0.05, 0.1) is 18.1 Å². The molecule has 0 radical (unpaired) electrons. The summed E-state index contributed by atoms with van der Waals surface area (Å²) in [4.78, 5) is 15.4. The standard InChI is InChI=1S/C20H31N3O4S/c1-3-8-22-9-6-17(7-10-22)21-20(24)19-15-18(5-4-16(19)2)28(25,26)23-11-13-27-14-12-23/h4-5,15,17H,3,6-14H2,1-2H3,(H,21,24). The molecule has 7 nitrogen and oxygen atoms in total. The maximum Gasteiger partial charge on any atom is 0.251 e. The van der Waals surface area contributed by atoms with E-state index in [2.05, 4.69) is 17.1 Å². The van der Waals surface area contributed by atoms with E-state index >= 15 is 0 Å². The third-order valence-electron chi connectivity index (χ3n) is 5.52. The number of nitrogens with zero attached hydrogens (tertiary/aromatic N) is 2. The summed E-state index contributed by atoms with van der Waals surface area (Å²) >= 11 is 0. The minimum atomic E-state index is -3.61. The summed E-state index contributed by atoms with van der Waals surface area (Å²) < 4.78 is 32.5. The molecule has 2 aliphatic rings. The Morgan fingerprint density at radius 3 is 2.50 bits per heavy atom. The Labute approximate surface area is 168 Å². The van der Waals surface area contributed by atoms with Crippen LogP contribution in [0.5, 0.6) is 0 Å². The van der Waals surface area contributed by atoms with Gasteiger partial charge in [-0.3, -0.25) is 4.79 Å². The van der Waals surface area contributed by atoms with Crippen molar-refractivity contribution in [3.63, 3.8) is 0 Å². The van der Waals surface area contributed by atoms with Crippen LogP contribution >= 0.6 is 0 Å². The first-order valence-electron chi connectivity index (χ1n) is 10.1. The number of sulfonamides is 1. The van der Waals surface area contributed by atoms with Crippen molar-refractivity contribution in [3.8, 4) is 0 Å². The number of aryl methyl sites for hydroxylation is 1. The number of ether oxygens (including phenoxy) is 1. The van der Waals surface area contributed by atoms with Gasteiger partial charge in [0, 0.05) is 37.8 Å². The Morgan fingerprint density at radius 2 is 1.86 bits per heavy atom. The zero-order valence-corrected chi connectivity index (χ0v) is 17.6. The molecule has 0 spiro atoms. The van der Waals surface area contributed by atoms with Gasteiger partial charge in [-0.1, -0.05) is 13.0 Å². The number of hydrogen-bond donors (Lipinski definition) is 1. The summed E-state index contributed by atoms with van der Waals surface area (Å²) in [5.74, 6) is -0.189. The molecule has 2 aliphatic heterocycles. The highest BCUT2D eigenvalue weighted by Gasteiger charge is 2.28. The van der Waals surface area contributed by atoms with Crippen molar-refractivity contribution >= 4 is 15.9 Å². The number of morpholine rings is 1. The van der Waals surface area contributed by atoms with Gasteiger partial charge in [0.25, 0.3) is 5.91 Å². The zero-order valence-electron chi connectivity index (χ0n) is 16.8. The van der Waals surface area contributed by atoms with Crippen molar-refractivity contribution < 1.29 is 17.9 Å². The second-order valence-electron chi connectivity index (χ2n) is 7.58. The van der Waals surface area contributed by atoms with E-state index in [0.717, 1.165) is 44.5 Å². The van der Waals surface area contributed by atoms with Gasteiger partial charge in [-0.25, -0.2) is 8.42 Å². The second-order valence-corrected chi connectivity index (χ2v) is 9.52. The van der Waals surface area contributed by atoms with Crippen molar-refractivity contribution in [2.75, 3.05) is 45.9 Å². The van der Waals surface area contributed by atoms with Crippen molar-refractivity contribution in [2.45, 2.75) is 44.0 Å². The number of rotatable bonds is 6. The van der Waals surface area contributed by atoms with E-state index in [4.69, 9.17) is 4.74 Å². The van der Waals surface area contributed by atoms with Crippen LogP contribution in [0, 0.1) is 6.92 Å². The predicted molar refractivity (Wildman–Crippen MR) is 108 cm³/mol. The first-order valence-corrected chi connectivity index (χ1v) is 11.6. The summed E-state index contributed by atoms with van der Waals surface area (Å²) in [7, 11) is -3.61. The number of amides is 1. The molecule has 28 heavy (non-hydrogen) atoms. The largest absolute Gasteiger partial charge is 0.379 e. The van der Waals surface area contributed by atoms with Gasteiger partial charge in [-0.15, -0.1) is 0 Å². The molecule has 8 heteroatoms. The Bertz CT molecular complexity index is 783. The molecule has 2 fully saturated rings. The molecular weight excluding hydrogens is 378 g/mol. The number of hydrogen-bond acceptors (Lipinski definition) is 5. The Balaban J connectivity index is 1.70. The molecule has 1 aromatic carbocycles. The normalized spacial score (nSPS) is 20.2. The lowest BCUT2D eigenvalue weighted by molar-refractivity contribution is 0.0730. The Hall–Kier alpha value is -1.48. The molecule has 0 bridgehead atoms. The van der Waals surface area contributed by atoms with Gasteiger partial charge in [-0.2, -0.15) is 4.31 Å². The summed E-state index contributed by atoms with van der Waals surface area (Å²) in [6, 6.07) is 4.95. The fraction of sp³-hybridized carbons (Fsp3) is 0.650. The molecule has 1 amide bonds. The van der Waals surface area contributed by atoms with Crippen LogP contribution < -0.4 is 5.32 Å². The van der Waals surface area contributed by atoms with Crippen LogP contribution in [-0.2, 0) is 14.8 Å². The lowest BCUT2D eigenvalue weighted by atomic mass is 10.0. The molecule has 3 rings (SSSR count). The molecule has 1 aromatic rings. The summed E-state index contributed by atoms with van der Waals surface area (Å²) in [6.45, 7) is 8.57. The third kappa shape index (κ3) is 4.92. The number of carbonyl (C=O) groups excluding carboxylic acids is 1. The van der Waals surface area contributed by atoms with Crippen LogP contribution in [0.25, 0.3) is 0 Å². The molecular formula is C20H31N3O4S. The summed E-state index contributed by atoms with van der Waals surface area (Å²) in [5, 5.41) is 3.10. The highest BCUT2D eigenvalue weighted by atomic mass is 32.2. The van der Waals surface area contributed by atoms with Crippen LogP contribution in [0.15, 0.2) is 23.1 Å². The lowest BCUT2D eigenvalue weighted by Gasteiger charge is -2.32. The zero-order chi connectivity index (χ0) is 20.1. The van der Waals surface area contributed by atoms with Gasteiger partial charge in [0.2, 0.25) is 10.0 Å². The van der Waals surface area contributed by atoms with E-state index in [1.165, 1.54) is 10.4 Å². The second kappa shape index (κ2) is 9.35.